The van der Waals surface area contributed by atoms with Gasteiger partial charge >= 0.3 is 0 Å². The van der Waals surface area contributed by atoms with Crippen LogP contribution in [0.2, 0.25) is 0 Å². The lowest BCUT2D eigenvalue weighted by molar-refractivity contribution is 0.588. The average Bonchev–Trinajstić information content (AvgIpc) is 2.17. The first-order chi connectivity index (χ1) is 6.51. The minimum atomic E-state index is -3.32. The van der Waals surface area contributed by atoms with Crippen LogP contribution >= 0.6 is 0 Å². The molecule has 0 atom stereocenters. The molecule has 0 spiro atoms. The summed E-state index contributed by atoms with van der Waals surface area (Å²) in [5.41, 5.74) is 1.84. The monoisotopic (exact) mass is 214 g/mol. The molecule has 0 radical (unpaired) electrons. The molecule has 14 heavy (non-hydrogen) atoms. The van der Waals surface area contributed by atoms with Crippen molar-refractivity contribution in [1.29, 1.82) is 0 Å². The number of nitrogens with one attached hydrogen (secondary N) is 2. The predicted molar refractivity (Wildman–Crippen MR) is 57.0 cm³/mol. The van der Waals surface area contributed by atoms with Crippen molar-refractivity contribution in [2.24, 2.45) is 0 Å². The van der Waals surface area contributed by atoms with E-state index in [1.807, 2.05) is 6.92 Å². The third-order valence-electron chi connectivity index (χ3n) is 2.05. The lowest BCUT2D eigenvalue weighted by Gasteiger charge is -2.07. The Kier molecular flexibility index (Phi) is 3.13. The predicted octanol–water partition coefficient (Wildman–Crippen LogP) is 0.945. The van der Waals surface area contributed by atoms with Gasteiger partial charge in [-0.15, -0.1) is 0 Å². The van der Waals surface area contributed by atoms with E-state index >= 15 is 0 Å². The topological polar surface area (TPSA) is 58.2 Å². The molecular formula is C9H14N2O2S. The molecule has 1 rings (SSSR count). The van der Waals surface area contributed by atoms with Gasteiger partial charge in [-0.1, -0.05) is 0 Å². The number of rotatable bonds is 3. The number of benzene rings is 1. The molecule has 0 aliphatic rings. The van der Waals surface area contributed by atoms with Gasteiger partial charge in [-0.3, -0.25) is 0 Å². The van der Waals surface area contributed by atoms with Gasteiger partial charge in [0, 0.05) is 12.7 Å². The van der Waals surface area contributed by atoms with Crippen LogP contribution in [0.25, 0.3) is 0 Å². The molecule has 2 N–H and O–H groups in total. The molecule has 0 bridgehead atoms. The second kappa shape index (κ2) is 3.98. The standard InChI is InChI=1S/C9H14N2O2S/c1-7-6-8(14(12,13)11-3)4-5-9(7)10-2/h4-6,10-11H,1-3H3. The summed E-state index contributed by atoms with van der Waals surface area (Å²) in [6.45, 7) is 1.86. The van der Waals surface area contributed by atoms with Crippen molar-refractivity contribution < 1.29 is 8.42 Å². The zero-order valence-corrected chi connectivity index (χ0v) is 9.27. The van der Waals surface area contributed by atoms with Crippen LogP contribution in [0.5, 0.6) is 0 Å². The third-order valence-corrected chi connectivity index (χ3v) is 3.46. The molecule has 0 heterocycles. The molecule has 1 aromatic rings. The van der Waals surface area contributed by atoms with Crippen molar-refractivity contribution in [3.8, 4) is 0 Å². The first kappa shape index (κ1) is 11.0. The van der Waals surface area contributed by atoms with Crippen LogP contribution in [-0.4, -0.2) is 22.5 Å². The van der Waals surface area contributed by atoms with E-state index in [2.05, 4.69) is 10.0 Å². The van der Waals surface area contributed by atoms with Gasteiger partial charge in [-0.2, -0.15) is 0 Å². The quantitative estimate of drug-likeness (QED) is 0.787. The van der Waals surface area contributed by atoms with Crippen molar-refractivity contribution in [3.05, 3.63) is 23.8 Å². The van der Waals surface area contributed by atoms with Gasteiger partial charge < -0.3 is 5.32 Å². The van der Waals surface area contributed by atoms with Crippen molar-refractivity contribution in [2.75, 3.05) is 19.4 Å². The molecule has 0 aliphatic heterocycles. The van der Waals surface area contributed by atoms with Crippen LogP contribution in [0.4, 0.5) is 5.69 Å². The van der Waals surface area contributed by atoms with Crippen molar-refractivity contribution in [1.82, 2.24) is 4.72 Å². The molecule has 0 aromatic heterocycles. The van der Waals surface area contributed by atoms with E-state index in [4.69, 9.17) is 0 Å². The molecule has 5 heteroatoms. The summed E-state index contributed by atoms with van der Waals surface area (Å²) >= 11 is 0. The van der Waals surface area contributed by atoms with Gasteiger partial charge in [0.25, 0.3) is 0 Å². The number of hydrogen-bond donors (Lipinski definition) is 2. The van der Waals surface area contributed by atoms with Crippen LogP contribution in [-0.2, 0) is 10.0 Å². The SMILES string of the molecule is CNc1ccc(S(=O)(=O)NC)cc1C. The lowest BCUT2D eigenvalue weighted by atomic mass is 10.2. The maximum atomic E-state index is 11.4. The van der Waals surface area contributed by atoms with Crippen molar-refractivity contribution in [3.63, 3.8) is 0 Å². The summed E-state index contributed by atoms with van der Waals surface area (Å²) in [6.07, 6.45) is 0. The van der Waals surface area contributed by atoms with Gasteiger partial charge in [0.1, 0.15) is 0 Å². The molecule has 0 fully saturated rings. The molecule has 4 nitrogen and oxygen atoms in total. The summed E-state index contributed by atoms with van der Waals surface area (Å²) in [4.78, 5) is 0.288. The highest BCUT2D eigenvalue weighted by molar-refractivity contribution is 7.89. The summed E-state index contributed by atoms with van der Waals surface area (Å²) in [5, 5.41) is 2.98. The molecule has 0 aliphatic carbocycles. The first-order valence-electron chi connectivity index (χ1n) is 4.23. The molecule has 78 valence electrons. The summed E-state index contributed by atoms with van der Waals surface area (Å²) in [5.74, 6) is 0. The Bertz CT molecular complexity index is 426. The Balaban J connectivity index is 3.22. The Morgan fingerprint density at radius 1 is 1.21 bits per heavy atom. The van der Waals surface area contributed by atoms with E-state index in [0.29, 0.717) is 0 Å². The molecule has 0 amide bonds. The van der Waals surface area contributed by atoms with Crippen LogP contribution in [0.15, 0.2) is 23.1 Å². The van der Waals surface area contributed by atoms with Crippen LogP contribution in [0, 0.1) is 6.92 Å². The van der Waals surface area contributed by atoms with E-state index in [9.17, 15) is 8.42 Å². The minimum absolute atomic E-state index is 0.288. The lowest BCUT2D eigenvalue weighted by Crippen LogP contribution is -2.18. The molecule has 1 aromatic carbocycles. The smallest absolute Gasteiger partial charge is 0.240 e. The minimum Gasteiger partial charge on any atom is -0.388 e. The Labute approximate surface area is 84.4 Å². The average molecular weight is 214 g/mol. The van der Waals surface area contributed by atoms with E-state index in [0.717, 1.165) is 11.3 Å². The van der Waals surface area contributed by atoms with Gasteiger partial charge in [0.15, 0.2) is 0 Å². The highest BCUT2D eigenvalue weighted by Gasteiger charge is 2.11. The Hall–Kier alpha value is -1.07. The van der Waals surface area contributed by atoms with Crippen molar-refractivity contribution in [2.45, 2.75) is 11.8 Å². The Morgan fingerprint density at radius 2 is 1.86 bits per heavy atom. The molecule has 0 saturated heterocycles. The van der Waals surface area contributed by atoms with Crippen molar-refractivity contribution >= 4 is 15.7 Å². The summed E-state index contributed by atoms with van der Waals surface area (Å²) < 4.78 is 25.1. The van der Waals surface area contributed by atoms with Gasteiger partial charge in [-0.25, -0.2) is 13.1 Å². The maximum absolute atomic E-state index is 11.4. The fourth-order valence-corrected chi connectivity index (χ4v) is 2.02. The first-order valence-corrected chi connectivity index (χ1v) is 5.71. The van der Waals surface area contributed by atoms with E-state index in [1.165, 1.54) is 7.05 Å². The van der Waals surface area contributed by atoms with E-state index in [-0.39, 0.29) is 4.90 Å². The number of hydrogen-bond acceptors (Lipinski definition) is 3. The fraction of sp³-hybridized carbons (Fsp3) is 0.333. The third kappa shape index (κ3) is 2.05. The van der Waals surface area contributed by atoms with E-state index in [1.54, 1.807) is 25.2 Å². The molecule has 0 saturated carbocycles. The molecular weight excluding hydrogens is 200 g/mol. The van der Waals surface area contributed by atoms with Crippen LogP contribution in [0.1, 0.15) is 5.56 Å². The fourth-order valence-electron chi connectivity index (χ4n) is 1.20. The highest BCUT2D eigenvalue weighted by Crippen LogP contribution is 2.18. The maximum Gasteiger partial charge on any atom is 0.240 e. The van der Waals surface area contributed by atoms with Gasteiger partial charge in [0.05, 0.1) is 4.90 Å². The van der Waals surface area contributed by atoms with Gasteiger partial charge in [-0.05, 0) is 37.7 Å². The summed E-state index contributed by atoms with van der Waals surface area (Å²) in [6, 6.07) is 4.96. The highest BCUT2D eigenvalue weighted by atomic mass is 32.2. The largest absolute Gasteiger partial charge is 0.388 e. The zero-order valence-electron chi connectivity index (χ0n) is 8.46. The Morgan fingerprint density at radius 3 is 2.29 bits per heavy atom. The second-order valence-electron chi connectivity index (χ2n) is 2.93. The van der Waals surface area contributed by atoms with Gasteiger partial charge in [0.2, 0.25) is 10.0 Å². The molecule has 0 unspecified atom stereocenters. The number of sulfonamides is 1. The normalized spacial score (nSPS) is 11.4. The zero-order chi connectivity index (χ0) is 10.8. The van der Waals surface area contributed by atoms with Crippen LogP contribution < -0.4 is 10.0 Å². The second-order valence-corrected chi connectivity index (χ2v) is 4.82. The number of anilines is 1. The van der Waals surface area contributed by atoms with Crippen LogP contribution in [0.3, 0.4) is 0 Å². The summed E-state index contributed by atoms with van der Waals surface area (Å²) in [7, 11) is -0.124. The van der Waals surface area contributed by atoms with E-state index < -0.39 is 10.0 Å². The number of aryl methyl sites for hydroxylation is 1.